The van der Waals surface area contributed by atoms with Crippen LogP contribution in [0.5, 0.6) is 0 Å². The number of halogens is 2. The third-order valence-corrected chi connectivity index (χ3v) is 4.08. The van der Waals surface area contributed by atoms with Crippen LogP contribution in [0.15, 0.2) is 55.0 Å². The van der Waals surface area contributed by atoms with Gasteiger partial charge in [-0.15, -0.1) is 0 Å². The fourth-order valence-electron chi connectivity index (χ4n) is 2.78. The molecule has 0 aliphatic carbocycles. The van der Waals surface area contributed by atoms with Crippen LogP contribution < -0.4 is 5.73 Å². The molecular formula is C19H12F2N4O. The lowest BCUT2D eigenvalue weighted by atomic mass is 10.0. The highest BCUT2D eigenvalue weighted by Gasteiger charge is 2.23. The van der Waals surface area contributed by atoms with E-state index in [9.17, 15) is 13.6 Å². The fourth-order valence-corrected chi connectivity index (χ4v) is 2.78. The Morgan fingerprint density at radius 1 is 1.12 bits per heavy atom. The Morgan fingerprint density at radius 2 is 1.96 bits per heavy atom. The summed E-state index contributed by atoms with van der Waals surface area (Å²) in [6, 6.07) is 9.17. The number of aromatic amines is 1. The molecule has 3 aromatic heterocycles. The number of rotatable bonds is 3. The summed E-state index contributed by atoms with van der Waals surface area (Å²) < 4.78 is 28.3. The highest BCUT2D eigenvalue weighted by Crippen LogP contribution is 2.27. The summed E-state index contributed by atoms with van der Waals surface area (Å²) in [7, 11) is 0. The first-order valence-electron chi connectivity index (χ1n) is 7.73. The molecule has 3 N–H and O–H groups in total. The number of hydrogen-bond acceptors (Lipinski definition) is 4. The SMILES string of the molecule is Nc1ccc(F)c(C(=O)c2c[nH]c3ncc(-c4ccccn4)cc23)c1F. The number of hydrogen-bond donors (Lipinski definition) is 2. The van der Waals surface area contributed by atoms with E-state index in [2.05, 4.69) is 15.0 Å². The number of H-pyrrole nitrogens is 1. The zero-order chi connectivity index (χ0) is 18.3. The Bertz CT molecular complexity index is 1140. The van der Waals surface area contributed by atoms with Crippen LogP contribution in [0.1, 0.15) is 15.9 Å². The molecule has 4 aromatic rings. The Labute approximate surface area is 146 Å². The van der Waals surface area contributed by atoms with Crippen LogP contribution in [0, 0.1) is 11.6 Å². The lowest BCUT2D eigenvalue weighted by Crippen LogP contribution is -2.09. The molecule has 0 radical (unpaired) electrons. The van der Waals surface area contributed by atoms with Gasteiger partial charge in [0.15, 0.2) is 5.82 Å². The van der Waals surface area contributed by atoms with Gasteiger partial charge >= 0.3 is 0 Å². The Balaban J connectivity index is 1.88. The first-order valence-corrected chi connectivity index (χ1v) is 7.73. The molecule has 1 aromatic carbocycles. The normalized spacial score (nSPS) is 11.0. The first-order chi connectivity index (χ1) is 12.6. The number of nitrogens with two attached hydrogens (primary N) is 1. The summed E-state index contributed by atoms with van der Waals surface area (Å²) >= 11 is 0. The van der Waals surface area contributed by atoms with Crippen molar-refractivity contribution in [2.24, 2.45) is 0 Å². The van der Waals surface area contributed by atoms with E-state index in [-0.39, 0.29) is 11.3 Å². The van der Waals surface area contributed by atoms with Crippen molar-refractivity contribution in [3.63, 3.8) is 0 Å². The van der Waals surface area contributed by atoms with E-state index in [0.29, 0.717) is 22.3 Å². The summed E-state index contributed by atoms with van der Waals surface area (Å²) in [5.74, 6) is -2.85. The van der Waals surface area contributed by atoms with Gasteiger partial charge in [0.25, 0.3) is 0 Å². The number of carbonyl (C=O) groups excluding carboxylic acids is 1. The predicted octanol–water partition coefficient (Wildman–Crippen LogP) is 3.72. The van der Waals surface area contributed by atoms with Crippen molar-refractivity contribution in [3.8, 4) is 11.3 Å². The standard InChI is InChI=1S/C19H12F2N4O/c20-13-4-5-14(22)17(21)16(13)18(26)12-9-25-19-11(12)7-10(8-24-19)15-3-1-2-6-23-15/h1-9H,22H2,(H,24,25). The molecule has 26 heavy (non-hydrogen) atoms. The summed E-state index contributed by atoms with van der Waals surface area (Å²) in [5.41, 5.74) is 6.38. The number of fused-ring (bicyclic) bond motifs is 1. The molecule has 0 atom stereocenters. The van der Waals surface area contributed by atoms with E-state index in [1.54, 1.807) is 30.6 Å². The molecule has 0 saturated heterocycles. The van der Waals surface area contributed by atoms with E-state index in [1.807, 2.05) is 6.07 Å². The Kier molecular flexibility index (Phi) is 3.69. The van der Waals surface area contributed by atoms with E-state index in [4.69, 9.17) is 5.73 Å². The third kappa shape index (κ3) is 2.50. The van der Waals surface area contributed by atoms with Crippen LogP contribution in [-0.4, -0.2) is 20.7 Å². The van der Waals surface area contributed by atoms with Crippen LogP contribution in [0.3, 0.4) is 0 Å². The average molecular weight is 350 g/mol. The van der Waals surface area contributed by atoms with Crippen molar-refractivity contribution in [1.82, 2.24) is 15.0 Å². The van der Waals surface area contributed by atoms with Crippen LogP contribution >= 0.6 is 0 Å². The molecule has 4 rings (SSSR count). The molecular weight excluding hydrogens is 338 g/mol. The van der Waals surface area contributed by atoms with Crippen molar-refractivity contribution >= 4 is 22.5 Å². The number of aromatic nitrogens is 3. The third-order valence-electron chi connectivity index (χ3n) is 4.08. The zero-order valence-electron chi connectivity index (χ0n) is 13.3. The Hall–Kier alpha value is -3.61. The van der Waals surface area contributed by atoms with E-state index >= 15 is 0 Å². The minimum absolute atomic E-state index is 0.105. The molecule has 0 saturated carbocycles. The van der Waals surface area contributed by atoms with Crippen LogP contribution in [-0.2, 0) is 0 Å². The van der Waals surface area contributed by atoms with Gasteiger partial charge in [-0.1, -0.05) is 6.07 Å². The van der Waals surface area contributed by atoms with Gasteiger partial charge in [-0.3, -0.25) is 9.78 Å². The van der Waals surface area contributed by atoms with Crippen molar-refractivity contribution in [1.29, 1.82) is 0 Å². The van der Waals surface area contributed by atoms with Crippen LogP contribution in [0.25, 0.3) is 22.3 Å². The second-order valence-electron chi connectivity index (χ2n) is 5.69. The van der Waals surface area contributed by atoms with Gasteiger partial charge in [-0.2, -0.15) is 0 Å². The molecule has 3 heterocycles. The minimum Gasteiger partial charge on any atom is -0.396 e. The van der Waals surface area contributed by atoms with E-state index in [0.717, 1.165) is 12.1 Å². The number of ketones is 1. The number of nitrogens with one attached hydrogen (secondary N) is 1. The van der Waals surface area contributed by atoms with Gasteiger partial charge in [-0.05, 0) is 30.3 Å². The number of carbonyl (C=O) groups is 1. The van der Waals surface area contributed by atoms with E-state index < -0.39 is 23.0 Å². The van der Waals surface area contributed by atoms with Gasteiger partial charge < -0.3 is 10.7 Å². The number of anilines is 1. The average Bonchev–Trinajstić information content (AvgIpc) is 3.09. The molecule has 5 nitrogen and oxygen atoms in total. The minimum atomic E-state index is -1.07. The van der Waals surface area contributed by atoms with Crippen molar-refractivity contribution in [2.75, 3.05) is 5.73 Å². The van der Waals surface area contributed by atoms with Crippen LogP contribution in [0.2, 0.25) is 0 Å². The molecule has 0 fully saturated rings. The summed E-state index contributed by atoms with van der Waals surface area (Å²) in [4.78, 5) is 24.1. The van der Waals surface area contributed by atoms with E-state index in [1.165, 1.54) is 6.20 Å². The molecule has 0 aliphatic heterocycles. The molecule has 0 bridgehead atoms. The number of nitrogens with zero attached hydrogens (tertiary/aromatic N) is 2. The smallest absolute Gasteiger partial charge is 0.201 e. The predicted molar refractivity (Wildman–Crippen MR) is 93.5 cm³/mol. The molecule has 128 valence electrons. The molecule has 0 unspecified atom stereocenters. The monoisotopic (exact) mass is 350 g/mol. The first kappa shape index (κ1) is 15.9. The highest BCUT2D eigenvalue weighted by molar-refractivity contribution is 6.16. The maximum atomic E-state index is 14.2. The van der Waals surface area contributed by atoms with Crippen molar-refractivity contribution in [2.45, 2.75) is 0 Å². The van der Waals surface area contributed by atoms with Gasteiger partial charge in [0.1, 0.15) is 11.5 Å². The maximum absolute atomic E-state index is 14.2. The second-order valence-corrected chi connectivity index (χ2v) is 5.69. The lowest BCUT2D eigenvalue weighted by Gasteiger charge is -2.06. The number of nitrogen functional groups attached to an aromatic ring is 1. The molecule has 0 spiro atoms. The molecule has 7 heteroatoms. The Morgan fingerprint density at radius 3 is 2.73 bits per heavy atom. The van der Waals surface area contributed by atoms with Crippen molar-refractivity contribution in [3.05, 3.63) is 77.8 Å². The van der Waals surface area contributed by atoms with Crippen molar-refractivity contribution < 1.29 is 13.6 Å². The lowest BCUT2D eigenvalue weighted by molar-refractivity contribution is 0.103. The second kappa shape index (κ2) is 6.03. The summed E-state index contributed by atoms with van der Waals surface area (Å²) in [5, 5.41) is 0.444. The number of pyridine rings is 2. The van der Waals surface area contributed by atoms with Crippen LogP contribution in [0.4, 0.5) is 14.5 Å². The number of benzene rings is 1. The fraction of sp³-hybridized carbons (Fsp3) is 0. The van der Waals surface area contributed by atoms with Gasteiger partial charge in [0.2, 0.25) is 5.78 Å². The zero-order valence-corrected chi connectivity index (χ0v) is 13.3. The molecule has 0 aliphatic rings. The molecule has 0 amide bonds. The highest BCUT2D eigenvalue weighted by atomic mass is 19.1. The van der Waals surface area contributed by atoms with Gasteiger partial charge in [0, 0.05) is 35.1 Å². The summed E-state index contributed by atoms with van der Waals surface area (Å²) in [6.45, 7) is 0. The van der Waals surface area contributed by atoms with Gasteiger partial charge in [-0.25, -0.2) is 13.8 Å². The topological polar surface area (TPSA) is 84.7 Å². The summed E-state index contributed by atoms with van der Waals surface area (Å²) in [6.07, 6.45) is 4.63. The maximum Gasteiger partial charge on any atom is 0.201 e. The largest absolute Gasteiger partial charge is 0.396 e. The van der Waals surface area contributed by atoms with Gasteiger partial charge in [0.05, 0.1) is 16.9 Å². The quantitative estimate of drug-likeness (QED) is 0.436.